The Morgan fingerprint density at radius 2 is 2.23 bits per heavy atom. The van der Waals surface area contributed by atoms with Gasteiger partial charge in [0.2, 0.25) is 5.88 Å². The maximum Gasteiger partial charge on any atom is 0.240 e. The van der Waals surface area contributed by atoms with Crippen molar-refractivity contribution in [3.63, 3.8) is 0 Å². The van der Waals surface area contributed by atoms with E-state index in [1.54, 1.807) is 30.0 Å². The third-order valence-electron chi connectivity index (χ3n) is 1.99. The van der Waals surface area contributed by atoms with Crippen molar-refractivity contribution in [3.8, 4) is 11.6 Å². The molecule has 0 aliphatic rings. The minimum Gasteiger partial charge on any atom is -0.508 e. The Morgan fingerprint density at radius 1 is 1.46 bits per heavy atom. The molecule has 1 heterocycles. The Labute approximate surface area is 75.4 Å². The third-order valence-corrected chi connectivity index (χ3v) is 1.99. The first-order chi connectivity index (χ1) is 6.22. The maximum atomic E-state index is 9.27. The van der Waals surface area contributed by atoms with E-state index in [-0.39, 0.29) is 5.75 Å². The summed E-state index contributed by atoms with van der Waals surface area (Å²) >= 11 is 0. The smallest absolute Gasteiger partial charge is 0.240 e. The second-order valence-corrected chi connectivity index (χ2v) is 2.83. The van der Waals surface area contributed by atoms with Crippen LogP contribution in [-0.4, -0.2) is 22.0 Å². The molecule has 0 amide bonds. The molecule has 0 unspecified atom stereocenters. The topological polar surface area (TPSA) is 47.3 Å². The van der Waals surface area contributed by atoms with Crippen molar-refractivity contribution >= 4 is 10.9 Å². The molecule has 4 heteroatoms. The summed E-state index contributed by atoms with van der Waals surface area (Å²) in [4.78, 5) is 0. The van der Waals surface area contributed by atoms with E-state index in [1.165, 1.54) is 0 Å². The Hall–Kier alpha value is -1.71. The van der Waals surface area contributed by atoms with Crippen LogP contribution < -0.4 is 4.74 Å². The number of benzene rings is 1. The van der Waals surface area contributed by atoms with Crippen molar-refractivity contribution in [2.24, 2.45) is 7.05 Å². The first-order valence-corrected chi connectivity index (χ1v) is 3.92. The summed E-state index contributed by atoms with van der Waals surface area (Å²) in [7, 11) is 3.40. The molecule has 0 saturated heterocycles. The molecular formula is C9H10N2O2. The Balaban J connectivity index is 2.81. The van der Waals surface area contributed by atoms with Crippen LogP contribution >= 0.6 is 0 Å². The van der Waals surface area contributed by atoms with Gasteiger partial charge in [0.15, 0.2) is 0 Å². The van der Waals surface area contributed by atoms with Crippen molar-refractivity contribution in [1.29, 1.82) is 0 Å². The van der Waals surface area contributed by atoms with Crippen LogP contribution in [-0.2, 0) is 7.05 Å². The fraction of sp³-hybridized carbons (Fsp3) is 0.222. The molecule has 0 saturated carbocycles. The monoisotopic (exact) mass is 178 g/mol. The Kier molecular flexibility index (Phi) is 1.62. The van der Waals surface area contributed by atoms with Crippen LogP contribution in [0, 0.1) is 0 Å². The Morgan fingerprint density at radius 3 is 2.92 bits per heavy atom. The zero-order valence-corrected chi connectivity index (χ0v) is 7.48. The van der Waals surface area contributed by atoms with Crippen molar-refractivity contribution in [3.05, 3.63) is 18.2 Å². The van der Waals surface area contributed by atoms with Crippen LogP contribution in [0.3, 0.4) is 0 Å². The summed E-state index contributed by atoms with van der Waals surface area (Å²) in [5, 5.41) is 14.2. The molecule has 2 rings (SSSR count). The average molecular weight is 178 g/mol. The predicted molar refractivity (Wildman–Crippen MR) is 48.9 cm³/mol. The highest BCUT2D eigenvalue weighted by atomic mass is 16.5. The molecule has 0 fully saturated rings. The molecule has 0 spiro atoms. The summed E-state index contributed by atoms with van der Waals surface area (Å²) in [6.07, 6.45) is 0. The molecule has 0 aliphatic heterocycles. The summed E-state index contributed by atoms with van der Waals surface area (Å²) in [5.41, 5.74) is 0.939. The number of hydrogen-bond donors (Lipinski definition) is 1. The third kappa shape index (κ3) is 1.11. The van der Waals surface area contributed by atoms with Crippen molar-refractivity contribution in [2.75, 3.05) is 7.11 Å². The van der Waals surface area contributed by atoms with Gasteiger partial charge in [0.05, 0.1) is 18.0 Å². The highest BCUT2D eigenvalue weighted by molar-refractivity contribution is 5.85. The van der Waals surface area contributed by atoms with Gasteiger partial charge in [-0.3, -0.25) is 4.68 Å². The lowest BCUT2D eigenvalue weighted by Gasteiger charge is -1.94. The molecule has 13 heavy (non-hydrogen) atoms. The van der Waals surface area contributed by atoms with Gasteiger partial charge in [-0.2, -0.15) is 0 Å². The number of aromatic nitrogens is 2. The minimum absolute atomic E-state index is 0.221. The highest BCUT2D eigenvalue weighted by Gasteiger charge is 2.08. The Bertz CT molecular complexity index is 448. The molecule has 1 aromatic carbocycles. The van der Waals surface area contributed by atoms with Crippen LogP contribution in [0.1, 0.15) is 0 Å². The second-order valence-electron chi connectivity index (χ2n) is 2.83. The minimum atomic E-state index is 0.221. The van der Waals surface area contributed by atoms with Crippen LogP contribution in [0.5, 0.6) is 11.6 Å². The van der Waals surface area contributed by atoms with Crippen molar-refractivity contribution < 1.29 is 9.84 Å². The van der Waals surface area contributed by atoms with Crippen molar-refractivity contribution in [2.45, 2.75) is 0 Å². The van der Waals surface area contributed by atoms with E-state index in [0.29, 0.717) is 5.88 Å². The van der Waals surface area contributed by atoms with Crippen LogP contribution in [0.2, 0.25) is 0 Å². The molecule has 1 aromatic heterocycles. The summed E-state index contributed by atoms with van der Waals surface area (Å²) in [6.45, 7) is 0. The summed E-state index contributed by atoms with van der Waals surface area (Å²) < 4.78 is 6.78. The van der Waals surface area contributed by atoms with E-state index in [4.69, 9.17) is 4.74 Å². The number of aryl methyl sites for hydroxylation is 1. The van der Waals surface area contributed by atoms with Crippen LogP contribution in [0.25, 0.3) is 10.9 Å². The standard InChI is InChI=1S/C9H10N2O2/c1-11-8-4-3-6(12)5-7(8)9(10-11)13-2/h3-5,12H,1-2H3. The molecule has 2 aromatic rings. The van der Waals surface area contributed by atoms with E-state index in [9.17, 15) is 5.11 Å². The highest BCUT2D eigenvalue weighted by Crippen LogP contribution is 2.27. The molecule has 0 radical (unpaired) electrons. The van der Waals surface area contributed by atoms with Crippen molar-refractivity contribution in [1.82, 2.24) is 9.78 Å². The van der Waals surface area contributed by atoms with Gasteiger partial charge in [0.25, 0.3) is 0 Å². The molecule has 4 nitrogen and oxygen atoms in total. The number of methoxy groups -OCH3 is 1. The van der Waals surface area contributed by atoms with Gasteiger partial charge < -0.3 is 9.84 Å². The van der Waals surface area contributed by atoms with Gasteiger partial charge in [-0.25, -0.2) is 0 Å². The average Bonchev–Trinajstić information content (AvgIpc) is 2.42. The van der Waals surface area contributed by atoms with Gasteiger partial charge in [-0.05, 0) is 18.2 Å². The number of ether oxygens (including phenoxy) is 1. The molecule has 1 N–H and O–H groups in total. The molecule has 68 valence electrons. The van der Waals surface area contributed by atoms with E-state index in [0.717, 1.165) is 10.9 Å². The first-order valence-electron chi connectivity index (χ1n) is 3.92. The zero-order chi connectivity index (χ0) is 9.42. The van der Waals surface area contributed by atoms with Gasteiger partial charge in [0.1, 0.15) is 5.75 Å². The summed E-state index contributed by atoms with van der Waals surface area (Å²) in [5.74, 6) is 0.757. The summed E-state index contributed by atoms with van der Waals surface area (Å²) in [6, 6.07) is 5.07. The van der Waals surface area contributed by atoms with E-state index in [1.807, 2.05) is 7.05 Å². The fourth-order valence-corrected chi connectivity index (χ4v) is 1.37. The number of phenols is 1. The normalized spacial score (nSPS) is 10.6. The lowest BCUT2D eigenvalue weighted by Crippen LogP contribution is -1.89. The van der Waals surface area contributed by atoms with Gasteiger partial charge in [-0.15, -0.1) is 5.10 Å². The quantitative estimate of drug-likeness (QED) is 0.715. The SMILES string of the molecule is COc1nn(C)c2ccc(O)cc12. The number of rotatable bonds is 1. The fourth-order valence-electron chi connectivity index (χ4n) is 1.37. The first kappa shape index (κ1) is 7.91. The van der Waals surface area contributed by atoms with Gasteiger partial charge >= 0.3 is 0 Å². The van der Waals surface area contributed by atoms with E-state index >= 15 is 0 Å². The van der Waals surface area contributed by atoms with Crippen LogP contribution in [0.4, 0.5) is 0 Å². The number of nitrogens with zero attached hydrogens (tertiary/aromatic N) is 2. The maximum absolute atomic E-state index is 9.27. The number of phenolic OH excluding ortho intramolecular Hbond substituents is 1. The lowest BCUT2D eigenvalue weighted by atomic mass is 10.2. The lowest BCUT2D eigenvalue weighted by molar-refractivity contribution is 0.395. The van der Waals surface area contributed by atoms with Crippen LogP contribution in [0.15, 0.2) is 18.2 Å². The number of aromatic hydroxyl groups is 1. The van der Waals surface area contributed by atoms with Gasteiger partial charge in [0, 0.05) is 7.05 Å². The largest absolute Gasteiger partial charge is 0.508 e. The van der Waals surface area contributed by atoms with E-state index < -0.39 is 0 Å². The molecular weight excluding hydrogens is 168 g/mol. The number of fused-ring (bicyclic) bond motifs is 1. The molecule has 0 aliphatic carbocycles. The predicted octanol–water partition coefficient (Wildman–Crippen LogP) is 1.29. The molecule has 0 atom stereocenters. The van der Waals surface area contributed by atoms with E-state index in [2.05, 4.69) is 5.10 Å². The second kappa shape index (κ2) is 2.65. The van der Waals surface area contributed by atoms with Gasteiger partial charge in [-0.1, -0.05) is 0 Å². The zero-order valence-electron chi connectivity index (χ0n) is 7.48. The molecule has 0 bridgehead atoms. The number of hydrogen-bond acceptors (Lipinski definition) is 3.